The van der Waals surface area contributed by atoms with Gasteiger partial charge < -0.3 is 126 Å². The molecule has 4 fully saturated rings. The number of carbonyl (C=O) groups excluding carboxylic acids is 12. The molecule has 0 bridgehead atoms. The zero-order valence-electron chi connectivity index (χ0n) is 82.3. The van der Waals surface area contributed by atoms with Gasteiger partial charge in [0.1, 0.15) is 60.4 Å². The topological polar surface area (TPSA) is 643 Å². The minimum absolute atomic E-state index is 0.0220. The van der Waals surface area contributed by atoms with E-state index in [1.165, 1.54) is 14.7 Å². The highest BCUT2D eigenvalue weighted by molar-refractivity contribution is 5.97. The standard InChI is InChI=1S/4C27H34N4O6/c28-21(17-32)25(34)29-20(14-18-8-3-1-4-9-18)16-24(33)30-22(15-19-10-5-2-6-11-19)26(35)31-13-7-12-23(31)27(36)37;28-20(14-18-8-3-1-4-9-18)16-24(33)29-21(15-19-10-5-2-6-11-19)26(35)31-13-7-12-23(31)25(34)30-22(17-32)27(36)37;28-21(15-19-10-5-2-6-11-19)27(37)31-13-7-12-23(31)26(36)30-22(17-32)25(35)29-20(16-24(33)34)14-18-8-3-1-4-9-18;32-17-23(31-25(34)21-12-7-13-28-21)26(35)29-20(14-18-8-3-1-4-9-18)16-24(33)30-22(27(36)37)15-19-10-5-2-6-11-19/h1-6,8-11,20-23,32H,7,12-17,28H2,(H,29,34)(H,30,33)(H,36,37);1-6,8-11,20-23,32H,7,12-17,28H2,(H,29,33)(H,30,34)(H,36,37);1-6,8-11,20-23,32H,7,12-17,28H2,(H,29,35)(H,30,36)(H,33,34);1-6,8-11,20-23,28,32H,7,12-17H2,(H,29,35)(H,30,33)(H,31,34)(H,36,37). The first-order valence-electron chi connectivity index (χ1n) is 49.5. The summed E-state index contributed by atoms with van der Waals surface area (Å²) >= 11 is 0. The number of benzene rings is 8. The van der Waals surface area contributed by atoms with Crippen molar-refractivity contribution in [3.63, 3.8) is 0 Å². The molecule has 4 saturated heterocycles. The van der Waals surface area contributed by atoms with E-state index >= 15 is 0 Å². The van der Waals surface area contributed by atoms with Crippen LogP contribution in [0.1, 0.15) is 122 Å². The first-order valence-corrected chi connectivity index (χ1v) is 49.5. The highest BCUT2D eigenvalue weighted by Gasteiger charge is 2.43. The lowest BCUT2D eigenvalue weighted by Crippen LogP contribution is -2.57. The monoisotopic (exact) mass is 2040 g/mol. The summed E-state index contributed by atoms with van der Waals surface area (Å²) in [7, 11) is 0. The van der Waals surface area contributed by atoms with Crippen molar-refractivity contribution >= 4 is 94.8 Å². The first-order chi connectivity index (χ1) is 71.2. The molecule has 0 aliphatic carbocycles. The third kappa shape index (κ3) is 39.1. The van der Waals surface area contributed by atoms with Crippen molar-refractivity contribution in [2.75, 3.05) is 52.6 Å². The third-order valence-corrected chi connectivity index (χ3v) is 25.3. The summed E-state index contributed by atoms with van der Waals surface area (Å²) in [5, 5.41) is 102. The molecule has 12 amide bonds. The fourth-order valence-corrected chi connectivity index (χ4v) is 17.8. The van der Waals surface area contributed by atoms with Gasteiger partial charge in [0.15, 0.2) is 0 Å². The predicted octanol–water partition coefficient (Wildman–Crippen LogP) is 0.825. The largest absolute Gasteiger partial charge is 0.481 e. The van der Waals surface area contributed by atoms with Gasteiger partial charge in [-0.25, -0.2) is 14.4 Å². The molecular weight excluding hydrogens is 1910 g/mol. The summed E-state index contributed by atoms with van der Waals surface area (Å²) in [6.07, 6.45) is 6.01. The summed E-state index contributed by atoms with van der Waals surface area (Å²) in [6.45, 7) is -0.909. The molecule has 16 unspecified atom stereocenters. The minimum Gasteiger partial charge on any atom is -0.481 e. The maximum absolute atomic E-state index is 13.6. The number of nitrogens with two attached hydrogens (primary N) is 3. The Labute approximate surface area is 857 Å². The Hall–Kier alpha value is -15.0. The molecule has 40 heteroatoms. The van der Waals surface area contributed by atoms with Crippen LogP contribution in [0.5, 0.6) is 0 Å². The van der Waals surface area contributed by atoms with E-state index in [0.29, 0.717) is 96.8 Å². The lowest BCUT2D eigenvalue weighted by molar-refractivity contribution is -0.149. The number of nitrogens with zero attached hydrogens (tertiary/aromatic N) is 3. The highest BCUT2D eigenvalue weighted by Crippen LogP contribution is 2.25. The fraction of sp³-hybridized carbons (Fsp3) is 0.407. The Morgan fingerprint density at radius 1 is 0.291 bits per heavy atom. The van der Waals surface area contributed by atoms with E-state index in [9.17, 15) is 112 Å². The van der Waals surface area contributed by atoms with Gasteiger partial charge in [0.25, 0.3) is 0 Å². The van der Waals surface area contributed by atoms with Crippen molar-refractivity contribution in [3.05, 3.63) is 287 Å². The molecule has 148 heavy (non-hydrogen) atoms. The quantitative estimate of drug-likeness (QED) is 0.0251. The van der Waals surface area contributed by atoms with Crippen LogP contribution in [0, 0.1) is 0 Å². The third-order valence-electron chi connectivity index (χ3n) is 25.3. The van der Waals surface area contributed by atoms with Crippen molar-refractivity contribution in [1.82, 2.24) is 67.9 Å². The van der Waals surface area contributed by atoms with Crippen molar-refractivity contribution in [2.45, 2.75) is 225 Å². The van der Waals surface area contributed by atoms with E-state index in [0.717, 1.165) is 50.9 Å². The molecule has 16 atom stereocenters. The van der Waals surface area contributed by atoms with E-state index in [-0.39, 0.29) is 69.1 Å². The van der Waals surface area contributed by atoms with E-state index in [1.54, 1.807) is 24.3 Å². The van der Waals surface area contributed by atoms with E-state index in [4.69, 9.17) is 22.3 Å². The van der Waals surface area contributed by atoms with Crippen LogP contribution in [0.2, 0.25) is 0 Å². The van der Waals surface area contributed by atoms with Gasteiger partial charge in [0, 0.05) is 82.3 Å². The number of hydrogen-bond acceptors (Lipinski definition) is 24. The van der Waals surface area contributed by atoms with Crippen LogP contribution in [0.4, 0.5) is 0 Å². The molecule has 4 aliphatic rings. The number of carboxylic acid groups (broad SMARTS) is 4. The summed E-state index contributed by atoms with van der Waals surface area (Å²) in [5.74, 6) is -10.8. The predicted molar refractivity (Wildman–Crippen MR) is 545 cm³/mol. The first kappa shape index (κ1) is 117. The number of aliphatic carboxylic acids is 4. The molecule has 792 valence electrons. The Balaban J connectivity index is 0.000000219. The molecule has 0 radical (unpaired) electrons. The molecule has 40 nitrogen and oxygen atoms in total. The summed E-state index contributed by atoms with van der Waals surface area (Å²) in [6, 6.07) is 59.4. The smallest absolute Gasteiger partial charge is 0.328 e. The van der Waals surface area contributed by atoms with Gasteiger partial charge in [-0.1, -0.05) is 243 Å². The number of hydrogen-bond donors (Lipinski definition) is 21. The SMILES string of the molecule is NC(CC(=O)NC(Cc1ccccc1)C(=O)N1CCCC1C(=O)NC(CO)C(=O)O)Cc1ccccc1.NC(CO)C(=O)NC(CC(=O)NC(Cc1ccccc1)C(=O)N1CCCC1C(=O)O)Cc1ccccc1.NC(Cc1ccccc1)C(=O)N1CCCC1C(=O)NC(CO)C(=O)NC(CC(=O)O)Cc1ccccc1.O=C(CC(Cc1ccccc1)NC(=O)C(CO)NC(=O)C1CCCN1)NC(Cc1ccccc1)C(=O)O. The second-order valence-corrected chi connectivity index (χ2v) is 36.8. The van der Waals surface area contributed by atoms with Crippen molar-refractivity contribution in [1.29, 1.82) is 0 Å². The molecule has 24 N–H and O–H groups in total. The number of likely N-dealkylation sites (tertiary alicyclic amines) is 3. The van der Waals surface area contributed by atoms with Gasteiger partial charge >= 0.3 is 23.9 Å². The second kappa shape index (κ2) is 61.4. The number of carbonyl (C=O) groups is 16. The lowest BCUT2D eigenvalue weighted by atomic mass is 10.0. The molecular formula is C108H136N16O24. The second-order valence-electron chi connectivity index (χ2n) is 36.8. The summed E-state index contributed by atoms with van der Waals surface area (Å²) in [5.41, 5.74) is 24.9. The van der Waals surface area contributed by atoms with Gasteiger partial charge in [0.05, 0.1) is 44.9 Å². The number of carboxylic acids is 4. The maximum atomic E-state index is 13.6. The minimum atomic E-state index is -1.46. The Morgan fingerprint density at radius 3 is 0.939 bits per heavy atom. The zero-order valence-corrected chi connectivity index (χ0v) is 82.3. The fourth-order valence-electron chi connectivity index (χ4n) is 17.8. The van der Waals surface area contributed by atoms with Crippen molar-refractivity contribution < 1.29 is 118 Å². The van der Waals surface area contributed by atoms with Crippen LogP contribution >= 0.6 is 0 Å². The Morgan fingerprint density at radius 2 is 0.595 bits per heavy atom. The molecule has 12 rings (SSSR count). The molecule has 4 aliphatic heterocycles. The normalized spacial score (nSPS) is 17.4. The molecule has 0 saturated carbocycles. The molecule has 8 aromatic carbocycles. The number of rotatable bonds is 49. The van der Waals surface area contributed by atoms with Crippen LogP contribution in [-0.4, -0.2) is 300 Å². The van der Waals surface area contributed by atoms with Gasteiger partial charge in [-0.2, -0.15) is 0 Å². The van der Waals surface area contributed by atoms with E-state index < -0.39 is 200 Å². The Kier molecular flexibility index (Phi) is 48.4. The van der Waals surface area contributed by atoms with E-state index in [2.05, 4.69) is 53.2 Å². The summed E-state index contributed by atoms with van der Waals surface area (Å²) in [4.78, 5) is 205. The lowest BCUT2D eigenvalue weighted by Gasteiger charge is -2.29. The van der Waals surface area contributed by atoms with Crippen molar-refractivity contribution in [2.24, 2.45) is 17.2 Å². The van der Waals surface area contributed by atoms with Crippen LogP contribution in [0.15, 0.2) is 243 Å². The molecule has 0 spiro atoms. The summed E-state index contributed by atoms with van der Waals surface area (Å²) < 4.78 is 0. The van der Waals surface area contributed by atoms with E-state index in [1.807, 2.05) is 218 Å². The molecule has 0 aromatic heterocycles. The average molecular weight is 2040 g/mol. The van der Waals surface area contributed by atoms with Gasteiger partial charge in [-0.05, 0) is 135 Å². The van der Waals surface area contributed by atoms with Crippen LogP contribution < -0.4 is 70.4 Å². The van der Waals surface area contributed by atoms with Crippen LogP contribution in [-0.2, 0) is 128 Å². The number of amides is 12. The average Bonchev–Trinajstić information content (AvgIpc) is 1.67. The highest BCUT2D eigenvalue weighted by atomic mass is 16.4. The van der Waals surface area contributed by atoms with Gasteiger partial charge in [-0.15, -0.1) is 0 Å². The number of aliphatic hydroxyl groups is 4. The van der Waals surface area contributed by atoms with Gasteiger partial charge in [-0.3, -0.25) is 62.3 Å². The van der Waals surface area contributed by atoms with Crippen LogP contribution in [0.3, 0.4) is 0 Å². The number of aliphatic hydroxyl groups excluding tert-OH is 4. The Bertz CT molecular complexity index is 5600. The number of nitrogens with one attached hydrogen (secondary N) is 10. The van der Waals surface area contributed by atoms with Crippen LogP contribution in [0.25, 0.3) is 0 Å². The van der Waals surface area contributed by atoms with Gasteiger partial charge in [0.2, 0.25) is 70.9 Å². The van der Waals surface area contributed by atoms with Crippen molar-refractivity contribution in [3.8, 4) is 0 Å². The molecule has 4 heterocycles. The molecule has 8 aromatic rings. The zero-order chi connectivity index (χ0) is 107. The maximum Gasteiger partial charge on any atom is 0.328 e.